The van der Waals surface area contributed by atoms with E-state index < -0.39 is 0 Å². The van der Waals surface area contributed by atoms with E-state index in [2.05, 4.69) is 24.1 Å². The van der Waals surface area contributed by atoms with Gasteiger partial charge in [-0.25, -0.2) is 4.39 Å². The molecule has 0 atom stereocenters. The highest BCUT2D eigenvalue weighted by molar-refractivity contribution is 8.18. The molecule has 1 aliphatic heterocycles. The molecule has 146 valence electrons. The molecule has 0 aliphatic carbocycles. The van der Waals surface area contributed by atoms with Crippen LogP contribution in [0.25, 0.3) is 6.08 Å². The van der Waals surface area contributed by atoms with Crippen molar-refractivity contribution >= 4 is 40.4 Å². The number of nitrogens with one attached hydrogen (secondary N) is 1. The van der Waals surface area contributed by atoms with Gasteiger partial charge in [-0.05, 0) is 73.6 Å². The number of carbonyl (C=O) groups excluding carboxylic acids is 2. The molecule has 28 heavy (non-hydrogen) atoms. The zero-order valence-electron chi connectivity index (χ0n) is 15.8. The van der Waals surface area contributed by atoms with Crippen molar-refractivity contribution in [1.82, 2.24) is 4.90 Å². The lowest BCUT2D eigenvalue weighted by molar-refractivity contribution is -0.122. The largest absolute Gasteiger partial charge is 0.372 e. The van der Waals surface area contributed by atoms with Crippen molar-refractivity contribution in [2.45, 2.75) is 13.8 Å². The molecule has 2 aromatic carbocycles. The fourth-order valence-corrected chi connectivity index (χ4v) is 3.73. The highest BCUT2D eigenvalue weighted by Gasteiger charge is 2.34. The number of halogens is 1. The predicted molar refractivity (Wildman–Crippen MR) is 113 cm³/mol. The van der Waals surface area contributed by atoms with Gasteiger partial charge < -0.3 is 10.2 Å². The Morgan fingerprint density at radius 3 is 2.29 bits per heavy atom. The molecule has 0 spiro atoms. The molecule has 3 rings (SSSR count). The first-order valence-corrected chi connectivity index (χ1v) is 9.93. The highest BCUT2D eigenvalue weighted by Crippen LogP contribution is 2.32. The number of carbonyl (C=O) groups is 2. The summed E-state index contributed by atoms with van der Waals surface area (Å²) < 4.78 is 13.0. The number of amides is 2. The minimum atomic E-state index is -0.341. The SMILES string of the molecule is CCN(CC)c1ccc(/C=C2/SC(=O)N(CNc3ccc(F)cc3)C2=O)cc1. The summed E-state index contributed by atoms with van der Waals surface area (Å²) in [5.74, 6) is -0.677. The second kappa shape index (κ2) is 8.93. The van der Waals surface area contributed by atoms with E-state index in [1.807, 2.05) is 24.3 Å². The monoisotopic (exact) mass is 399 g/mol. The van der Waals surface area contributed by atoms with Crippen LogP contribution in [0.2, 0.25) is 0 Å². The molecule has 1 fully saturated rings. The van der Waals surface area contributed by atoms with Crippen LogP contribution in [-0.4, -0.2) is 35.8 Å². The van der Waals surface area contributed by atoms with Crippen LogP contribution >= 0.6 is 11.8 Å². The summed E-state index contributed by atoms with van der Waals surface area (Å²) >= 11 is 0.922. The lowest BCUT2D eigenvalue weighted by Crippen LogP contribution is -2.33. The Morgan fingerprint density at radius 2 is 1.68 bits per heavy atom. The van der Waals surface area contributed by atoms with Crippen LogP contribution in [0.5, 0.6) is 0 Å². The molecule has 2 aromatic rings. The molecule has 2 amide bonds. The van der Waals surface area contributed by atoms with Crippen LogP contribution in [-0.2, 0) is 4.79 Å². The Bertz CT molecular complexity index is 878. The van der Waals surface area contributed by atoms with Crippen LogP contribution in [0.3, 0.4) is 0 Å². The summed E-state index contributed by atoms with van der Waals surface area (Å²) in [6.45, 7) is 6.10. The topological polar surface area (TPSA) is 52.7 Å². The minimum Gasteiger partial charge on any atom is -0.372 e. The number of benzene rings is 2. The smallest absolute Gasteiger partial charge is 0.295 e. The van der Waals surface area contributed by atoms with Gasteiger partial charge in [-0.15, -0.1) is 0 Å². The number of rotatable bonds is 7. The van der Waals surface area contributed by atoms with Crippen LogP contribution in [0.15, 0.2) is 53.4 Å². The van der Waals surface area contributed by atoms with E-state index in [-0.39, 0.29) is 23.6 Å². The molecule has 0 saturated carbocycles. The van der Waals surface area contributed by atoms with Gasteiger partial charge in [-0.3, -0.25) is 14.5 Å². The van der Waals surface area contributed by atoms with Gasteiger partial charge in [-0.1, -0.05) is 12.1 Å². The molecule has 7 heteroatoms. The first-order valence-electron chi connectivity index (χ1n) is 9.11. The number of anilines is 2. The lowest BCUT2D eigenvalue weighted by Gasteiger charge is -2.20. The average Bonchev–Trinajstić information content (AvgIpc) is 2.96. The lowest BCUT2D eigenvalue weighted by atomic mass is 10.1. The Kier molecular flexibility index (Phi) is 6.36. The number of imide groups is 1. The maximum atomic E-state index is 13.0. The van der Waals surface area contributed by atoms with Gasteiger partial charge in [0.1, 0.15) is 5.82 Å². The molecule has 1 heterocycles. The third-order valence-corrected chi connectivity index (χ3v) is 5.39. The predicted octanol–water partition coefficient (Wildman–Crippen LogP) is 4.78. The first kappa shape index (κ1) is 19.9. The van der Waals surface area contributed by atoms with Crippen molar-refractivity contribution in [3.05, 3.63) is 64.8 Å². The Labute approximate surface area is 168 Å². The number of hydrogen-bond donors (Lipinski definition) is 1. The molecule has 0 aromatic heterocycles. The molecular formula is C21H22FN3O2S. The van der Waals surface area contributed by atoms with Crippen LogP contribution < -0.4 is 10.2 Å². The van der Waals surface area contributed by atoms with Crippen molar-refractivity contribution in [2.75, 3.05) is 30.0 Å². The van der Waals surface area contributed by atoms with Gasteiger partial charge in [0.15, 0.2) is 0 Å². The molecule has 0 radical (unpaired) electrons. The van der Waals surface area contributed by atoms with E-state index in [0.717, 1.165) is 41.0 Å². The molecular weight excluding hydrogens is 377 g/mol. The van der Waals surface area contributed by atoms with Crippen LogP contribution in [0.1, 0.15) is 19.4 Å². The van der Waals surface area contributed by atoms with Crippen molar-refractivity contribution in [1.29, 1.82) is 0 Å². The highest BCUT2D eigenvalue weighted by atomic mass is 32.2. The Hall–Kier alpha value is -2.80. The van der Waals surface area contributed by atoms with Gasteiger partial charge in [0, 0.05) is 24.5 Å². The summed E-state index contributed by atoms with van der Waals surface area (Å²) in [4.78, 5) is 28.5. The fraction of sp³-hybridized carbons (Fsp3) is 0.238. The van der Waals surface area contributed by atoms with Gasteiger partial charge >= 0.3 is 0 Å². The molecule has 1 saturated heterocycles. The second-order valence-electron chi connectivity index (χ2n) is 6.22. The van der Waals surface area contributed by atoms with Crippen LogP contribution in [0.4, 0.5) is 20.6 Å². The quantitative estimate of drug-likeness (QED) is 0.679. The van der Waals surface area contributed by atoms with Gasteiger partial charge in [-0.2, -0.15) is 0 Å². The van der Waals surface area contributed by atoms with Crippen molar-refractivity contribution in [2.24, 2.45) is 0 Å². The molecule has 0 bridgehead atoms. The zero-order chi connectivity index (χ0) is 20.1. The second-order valence-corrected chi connectivity index (χ2v) is 7.21. The third-order valence-electron chi connectivity index (χ3n) is 4.48. The van der Waals surface area contributed by atoms with E-state index in [4.69, 9.17) is 0 Å². The fourth-order valence-electron chi connectivity index (χ4n) is 2.90. The minimum absolute atomic E-state index is 0.0362. The maximum Gasteiger partial charge on any atom is 0.295 e. The average molecular weight is 399 g/mol. The maximum absolute atomic E-state index is 13.0. The summed E-state index contributed by atoms with van der Waals surface area (Å²) in [6, 6.07) is 13.7. The van der Waals surface area contributed by atoms with Gasteiger partial charge in [0.25, 0.3) is 11.1 Å². The molecule has 0 unspecified atom stereocenters. The summed E-state index contributed by atoms with van der Waals surface area (Å²) in [5.41, 5.74) is 2.63. The summed E-state index contributed by atoms with van der Waals surface area (Å²) in [7, 11) is 0. The number of thioether (sulfide) groups is 1. The van der Waals surface area contributed by atoms with E-state index in [1.165, 1.54) is 12.1 Å². The van der Waals surface area contributed by atoms with E-state index >= 15 is 0 Å². The molecule has 1 N–H and O–H groups in total. The van der Waals surface area contributed by atoms with Crippen molar-refractivity contribution < 1.29 is 14.0 Å². The molecule has 5 nitrogen and oxygen atoms in total. The van der Waals surface area contributed by atoms with E-state index in [1.54, 1.807) is 18.2 Å². The van der Waals surface area contributed by atoms with Crippen molar-refractivity contribution in [3.63, 3.8) is 0 Å². The molecule has 1 aliphatic rings. The Balaban J connectivity index is 1.67. The van der Waals surface area contributed by atoms with E-state index in [9.17, 15) is 14.0 Å². The summed E-state index contributed by atoms with van der Waals surface area (Å²) in [6.07, 6.45) is 1.73. The van der Waals surface area contributed by atoms with Gasteiger partial charge in [0.05, 0.1) is 11.6 Å². The van der Waals surface area contributed by atoms with E-state index in [0.29, 0.717) is 10.6 Å². The third kappa shape index (κ3) is 4.54. The van der Waals surface area contributed by atoms with Gasteiger partial charge in [0.2, 0.25) is 0 Å². The zero-order valence-corrected chi connectivity index (χ0v) is 16.6. The first-order chi connectivity index (χ1) is 13.5. The number of nitrogens with zero attached hydrogens (tertiary/aromatic N) is 2. The summed E-state index contributed by atoms with van der Waals surface area (Å²) in [5, 5.41) is 2.64. The van der Waals surface area contributed by atoms with Crippen LogP contribution in [0, 0.1) is 5.82 Å². The Morgan fingerprint density at radius 1 is 1.04 bits per heavy atom. The standard InChI is InChI=1S/C21H22FN3O2S/c1-3-24(4-2)18-11-5-15(6-12-18)13-19-20(26)25(21(27)28-19)14-23-17-9-7-16(22)8-10-17/h5-13,23H,3-4,14H2,1-2H3/b19-13+. The van der Waals surface area contributed by atoms with Crippen molar-refractivity contribution in [3.8, 4) is 0 Å². The number of hydrogen-bond acceptors (Lipinski definition) is 5. The normalized spacial score (nSPS) is 15.4.